The van der Waals surface area contributed by atoms with Gasteiger partial charge >= 0.3 is 0 Å². The molecule has 0 unspecified atom stereocenters. The number of benzene rings is 1. The van der Waals surface area contributed by atoms with Crippen molar-refractivity contribution in [1.29, 1.82) is 0 Å². The number of carbonyl (C=O) groups is 1. The molecular formula is C14H15N3O2. The first-order valence-corrected chi connectivity index (χ1v) is 5.86. The van der Waals surface area contributed by atoms with Crippen LogP contribution in [0.5, 0.6) is 5.75 Å². The summed E-state index contributed by atoms with van der Waals surface area (Å²) in [5.41, 5.74) is 7.47. The molecule has 2 rings (SSSR count). The number of amides is 1. The van der Waals surface area contributed by atoms with E-state index in [9.17, 15) is 9.90 Å². The van der Waals surface area contributed by atoms with Gasteiger partial charge in [-0.05, 0) is 36.2 Å². The molecule has 1 heterocycles. The average molecular weight is 257 g/mol. The van der Waals surface area contributed by atoms with Gasteiger partial charge in [0.1, 0.15) is 11.6 Å². The van der Waals surface area contributed by atoms with Gasteiger partial charge in [-0.2, -0.15) is 0 Å². The summed E-state index contributed by atoms with van der Waals surface area (Å²) in [7, 11) is 0. The molecule has 0 aliphatic rings. The van der Waals surface area contributed by atoms with E-state index in [0.717, 1.165) is 11.1 Å². The number of aromatic hydroxyl groups is 1. The maximum absolute atomic E-state index is 11.9. The van der Waals surface area contributed by atoms with Crippen molar-refractivity contribution >= 4 is 11.7 Å². The Morgan fingerprint density at radius 3 is 2.74 bits per heavy atom. The van der Waals surface area contributed by atoms with Gasteiger partial charge in [0, 0.05) is 18.3 Å². The van der Waals surface area contributed by atoms with E-state index in [2.05, 4.69) is 10.3 Å². The van der Waals surface area contributed by atoms with E-state index < -0.39 is 0 Å². The molecule has 0 bridgehead atoms. The van der Waals surface area contributed by atoms with E-state index in [1.165, 1.54) is 6.07 Å². The number of nitrogens with two attached hydrogens (primary N) is 1. The number of nitrogens with one attached hydrogen (secondary N) is 1. The molecule has 0 aliphatic heterocycles. The number of hydrogen-bond donors (Lipinski definition) is 3. The lowest BCUT2D eigenvalue weighted by molar-refractivity contribution is 0.102. The fraction of sp³-hybridized carbons (Fsp3) is 0.143. The smallest absolute Gasteiger partial charge is 0.256 e. The summed E-state index contributed by atoms with van der Waals surface area (Å²) in [6.45, 7) is 2.18. The van der Waals surface area contributed by atoms with Gasteiger partial charge in [0.15, 0.2) is 0 Å². The van der Waals surface area contributed by atoms with Crippen LogP contribution in [0.15, 0.2) is 36.5 Å². The highest BCUT2D eigenvalue weighted by Gasteiger charge is 2.08. The third kappa shape index (κ3) is 3.08. The predicted molar refractivity (Wildman–Crippen MR) is 72.9 cm³/mol. The van der Waals surface area contributed by atoms with E-state index in [4.69, 9.17) is 5.73 Å². The Bertz CT molecular complexity index is 594. The Hall–Kier alpha value is -2.40. The molecule has 0 aliphatic carbocycles. The monoisotopic (exact) mass is 257 g/mol. The molecule has 0 saturated heterocycles. The lowest BCUT2D eigenvalue weighted by atomic mass is 10.1. The number of aryl methyl sites for hydroxylation is 1. The van der Waals surface area contributed by atoms with Crippen molar-refractivity contribution in [3.8, 4) is 5.75 Å². The van der Waals surface area contributed by atoms with E-state index in [0.29, 0.717) is 17.9 Å². The first-order chi connectivity index (χ1) is 9.10. The number of rotatable bonds is 3. The summed E-state index contributed by atoms with van der Waals surface area (Å²) < 4.78 is 0. The molecule has 0 spiro atoms. The van der Waals surface area contributed by atoms with Gasteiger partial charge in [0.05, 0.1) is 0 Å². The standard InChI is InChI=1S/C14H15N3O2/c1-9-2-4-11(6-12(9)18)14(19)17-13-5-3-10(7-15)8-16-13/h2-6,8,18H,7,15H2,1H3,(H,16,17,19). The van der Waals surface area contributed by atoms with Crippen LogP contribution in [0.1, 0.15) is 21.5 Å². The fourth-order valence-electron chi connectivity index (χ4n) is 1.56. The normalized spacial score (nSPS) is 10.2. The number of carbonyl (C=O) groups excluding carboxylic acids is 1. The van der Waals surface area contributed by atoms with E-state index >= 15 is 0 Å². The second-order valence-electron chi connectivity index (χ2n) is 4.21. The van der Waals surface area contributed by atoms with Gasteiger partial charge in [0.2, 0.25) is 0 Å². The van der Waals surface area contributed by atoms with E-state index in [1.54, 1.807) is 37.4 Å². The minimum Gasteiger partial charge on any atom is -0.508 e. The predicted octanol–water partition coefficient (Wildman–Crippen LogP) is 1.81. The number of phenols is 1. The van der Waals surface area contributed by atoms with Crippen LogP contribution in [0.3, 0.4) is 0 Å². The van der Waals surface area contributed by atoms with Gasteiger partial charge in [0.25, 0.3) is 5.91 Å². The van der Waals surface area contributed by atoms with Crippen LogP contribution in [0, 0.1) is 6.92 Å². The van der Waals surface area contributed by atoms with Crippen molar-refractivity contribution in [2.75, 3.05) is 5.32 Å². The number of anilines is 1. The fourth-order valence-corrected chi connectivity index (χ4v) is 1.56. The first kappa shape index (κ1) is 13.0. The van der Waals surface area contributed by atoms with Crippen molar-refractivity contribution in [1.82, 2.24) is 4.98 Å². The van der Waals surface area contributed by atoms with Crippen molar-refractivity contribution in [2.45, 2.75) is 13.5 Å². The highest BCUT2D eigenvalue weighted by atomic mass is 16.3. The van der Waals surface area contributed by atoms with Crippen LogP contribution < -0.4 is 11.1 Å². The molecule has 4 N–H and O–H groups in total. The van der Waals surface area contributed by atoms with Crippen LogP contribution in [-0.2, 0) is 6.54 Å². The van der Waals surface area contributed by atoms with Crippen molar-refractivity contribution in [2.24, 2.45) is 5.73 Å². The van der Waals surface area contributed by atoms with Gasteiger partial charge < -0.3 is 16.2 Å². The highest BCUT2D eigenvalue weighted by Crippen LogP contribution is 2.18. The lowest BCUT2D eigenvalue weighted by Gasteiger charge is -2.06. The molecule has 0 radical (unpaired) electrons. The summed E-state index contributed by atoms with van der Waals surface area (Å²) >= 11 is 0. The number of pyridine rings is 1. The Morgan fingerprint density at radius 2 is 2.16 bits per heavy atom. The maximum Gasteiger partial charge on any atom is 0.256 e. The first-order valence-electron chi connectivity index (χ1n) is 5.86. The second-order valence-corrected chi connectivity index (χ2v) is 4.21. The summed E-state index contributed by atoms with van der Waals surface area (Å²) in [6.07, 6.45) is 1.61. The summed E-state index contributed by atoms with van der Waals surface area (Å²) in [5.74, 6) is 0.227. The van der Waals surface area contributed by atoms with Crippen LogP contribution >= 0.6 is 0 Å². The zero-order valence-corrected chi connectivity index (χ0v) is 10.6. The van der Waals surface area contributed by atoms with Gasteiger partial charge in [-0.1, -0.05) is 12.1 Å². The summed E-state index contributed by atoms with van der Waals surface area (Å²) in [4.78, 5) is 16.0. The Balaban J connectivity index is 2.13. The topological polar surface area (TPSA) is 88.2 Å². The molecule has 5 heteroatoms. The Morgan fingerprint density at radius 1 is 1.37 bits per heavy atom. The number of aromatic nitrogens is 1. The molecule has 2 aromatic rings. The highest BCUT2D eigenvalue weighted by molar-refractivity contribution is 6.04. The van der Waals surface area contributed by atoms with Crippen LogP contribution in [0.25, 0.3) is 0 Å². The zero-order valence-electron chi connectivity index (χ0n) is 10.6. The van der Waals surface area contributed by atoms with E-state index in [1.807, 2.05) is 0 Å². The van der Waals surface area contributed by atoms with Crippen LogP contribution in [-0.4, -0.2) is 16.0 Å². The number of hydrogen-bond acceptors (Lipinski definition) is 4. The SMILES string of the molecule is Cc1ccc(C(=O)Nc2ccc(CN)cn2)cc1O. The number of phenolic OH excluding ortho intramolecular Hbond substituents is 1. The van der Waals surface area contributed by atoms with E-state index in [-0.39, 0.29) is 11.7 Å². The van der Waals surface area contributed by atoms with Gasteiger partial charge in [-0.25, -0.2) is 4.98 Å². The molecule has 19 heavy (non-hydrogen) atoms. The largest absolute Gasteiger partial charge is 0.508 e. The Kier molecular flexibility index (Phi) is 3.77. The third-order valence-corrected chi connectivity index (χ3v) is 2.77. The number of nitrogens with zero attached hydrogens (tertiary/aromatic N) is 1. The van der Waals surface area contributed by atoms with Crippen molar-refractivity contribution < 1.29 is 9.90 Å². The maximum atomic E-state index is 11.9. The Labute approximate surface area is 111 Å². The van der Waals surface area contributed by atoms with Gasteiger partial charge in [-0.15, -0.1) is 0 Å². The van der Waals surface area contributed by atoms with Gasteiger partial charge in [-0.3, -0.25) is 4.79 Å². The third-order valence-electron chi connectivity index (χ3n) is 2.77. The molecule has 1 aromatic carbocycles. The quantitative estimate of drug-likeness (QED) is 0.782. The molecule has 98 valence electrons. The summed E-state index contributed by atoms with van der Waals surface area (Å²) in [6, 6.07) is 8.26. The molecule has 5 nitrogen and oxygen atoms in total. The van der Waals surface area contributed by atoms with Crippen LogP contribution in [0.4, 0.5) is 5.82 Å². The molecule has 0 atom stereocenters. The minimum absolute atomic E-state index is 0.0964. The van der Waals surface area contributed by atoms with Crippen molar-refractivity contribution in [3.63, 3.8) is 0 Å². The second kappa shape index (κ2) is 5.49. The average Bonchev–Trinajstić information content (AvgIpc) is 2.42. The minimum atomic E-state index is -0.316. The molecule has 1 amide bonds. The van der Waals surface area contributed by atoms with Crippen molar-refractivity contribution in [3.05, 3.63) is 53.2 Å². The zero-order chi connectivity index (χ0) is 13.8. The molecule has 1 aromatic heterocycles. The lowest BCUT2D eigenvalue weighted by Crippen LogP contribution is -2.13. The molecular weight excluding hydrogens is 242 g/mol. The summed E-state index contributed by atoms with van der Waals surface area (Å²) in [5, 5.41) is 12.2. The molecule has 0 saturated carbocycles. The van der Waals surface area contributed by atoms with Crippen LogP contribution in [0.2, 0.25) is 0 Å². The molecule has 0 fully saturated rings.